The first-order valence-corrected chi connectivity index (χ1v) is 6.02. The number of aryl methyl sites for hydroxylation is 1. The highest BCUT2D eigenvalue weighted by Gasteiger charge is 2.05. The molecule has 1 heterocycles. The first-order valence-electron chi connectivity index (χ1n) is 6.02. The van der Waals surface area contributed by atoms with Gasteiger partial charge in [0.05, 0.1) is 17.9 Å². The van der Waals surface area contributed by atoms with Crippen molar-refractivity contribution in [1.29, 1.82) is 0 Å². The van der Waals surface area contributed by atoms with Gasteiger partial charge in [0.1, 0.15) is 11.6 Å². The van der Waals surface area contributed by atoms with Gasteiger partial charge < -0.3 is 15.2 Å². The van der Waals surface area contributed by atoms with Crippen LogP contribution in [0, 0.1) is 6.92 Å². The Bertz CT molecular complexity index is 629. The van der Waals surface area contributed by atoms with E-state index in [1.807, 2.05) is 0 Å². The first kappa shape index (κ1) is 14.0. The fraction of sp³-hybridized carbons (Fsp3) is 0.214. The fourth-order valence-electron chi connectivity index (χ4n) is 1.79. The number of aromatic carboxylic acids is 1. The molecule has 0 aliphatic carbocycles. The molecule has 104 valence electrons. The van der Waals surface area contributed by atoms with Crippen LogP contribution in [-0.4, -0.2) is 28.2 Å². The Kier molecular flexibility index (Phi) is 4.27. The van der Waals surface area contributed by atoms with E-state index in [4.69, 9.17) is 9.84 Å². The number of carboxylic acid groups (broad SMARTS) is 1. The minimum atomic E-state index is -0.965. The summed E-state index contributed by atoms with van der Waals surface area (Å²) in [5.41, 5.74) is 1.64. The minimum absolute atomic E-state index is 0.220. The van der Waals surface area contributed by atoms with Crippen molar-refractivity contribution in [2.75, 3.05) is 12.4 Å². The van der Waals surface area contributed by atoms with Crippen molar-refractivity contribution in [1.82, 2.24) is 9.97 Å². The summed E-state index contributed by atoms with van der Waals surface area (Å²) in [6.45, 7) is 2.19. The summed E-state index contributed by atoms with van der Waals surface area (Å²) in [7, 11) is 1.60. The monoisotopic (exact) mass is 273 g/mol. The number of nitrogens with zero attached hydrogens (tertiary/aromatic N) is 2. The topological polar surface area (TPSA) is 84.3 Å². The Labute approximate surface area is 116 Å². The third-order valence-electron chi connectivity index (χ3n) is 2.57. The van der Waals surface area contributed by atoms with Gasteiger partial charge in [-0.2, -0.15) is 0 Å². The fourth-order valence-corrected chi connectivity index (χ4v) is 1.79. The van der Waals surface area contributed by atoms with Crippen molar-refractivity contribution in [3.63, 3.8) is 0 Å². The molecule has 0 spiro atoms. The zero-order valence-electron chi connectivity index (χ0n) is 11.3. The highest BCUT2D eigenvalue weighted by molar-refractivity contribution is 5.89. The molecule has 2 N–H and O–H groups in total. The lowest BCUT2D eigenvalue weighted by Gasteiger charge is -2.09. The molecule has 0 amide bonds. The van der Waals surface area contributed by atoms with E-state index in [1.54, 1.807) is 38.3 Å². The van der Waals surface area contributed by atoms with Crippen LogP contribution in [0.2, 0.25) is 0 Å². The van der Waals surface area contributed by atoms with Gasteiger partial charge in [0.25, 0.3) is 0 Å². The summed E-state index contributed by atoms with van der Waals surface area (Å²) in [6, 6.07) is 8.31. The highest BCUT2D eigenvalue weighted by atomic mass is 16.5. The summed E-state index contributed by atoms with van der Waals surface area (Å²) in [6.07, 6.45) is 0. The number of carbonyl (C=O) groups is 1. The maximum Gasteiger partial charge on any atom is 0.335 e. The molecule has 0 fully saturated rings. The normalized spacial score (nSPS) is 10.3. The zero-order valence-corrected chi connectivity index (χ0v) is 11.3. The number of hydrogen-bond acceptors (Lipinski definition) is 5. The van der Waals surface area contributed by atoms with Crippen molar-refractivity contribution in [2.45, 2.75) is 13.5 Å². The number of rotatable bonds is 5. The third-order valence-corrected chi connectivity index (χ3v) is 2.57. The lowest BCUT2D eigenvalue weighted by molar-refractivity contribution is 0.0697. The van der Waals surface area contributed by atoms with Crippen molar-refractivity contribution in [3.05, 3.63) is 47.4 Å². The summed E-state index contributed by atoms with van der Waals surface area (Å²) in [4.78, 5) is 19.4. The molecule has 1 aromatic carbocycles. The Morgan fingerprint density at radius 1 is 1.35 bits per heavy atom. The quantitative estimate of drug-likeness (QED) is 0.870. The van der Waals surface area contributed by atoms with E-state index in [0.29, 0.717) is 23.9 Å². The second-order valence-corrected chi connectivity index (χ2v) is 4.24. The predicted octanol–water partition coefficient (Wildman–Crippen LogP) is 2.37. The van der Waals surface area contributed by atoms with Crippen LogP contribution < -0.4 is 5.32 Å². The second-order valence-electron chi connectivity index (χ2n) is 4.24. The number of benzene rings is 1. The molecule has 0 aliphatic heterocycles. The van der Waals surface area contributed by atoms with Crippen LogP contribution in [0.5, 0.6) is 0 Å². The summed E-state index contributed by atoms with van der Waals surface area (Å²) in [5.74, 6) is 0.260. The molecule has 20 heavy (non-hydrogen) atoms. The average molecular weight is 273 g/mol. The molecule has 2 aromatic rings. The van der Waals surface area contributed by atoms with Crippen molar-refractivity contribution in [3.8, 4) is 0 Å². The first-order chi connectivity index (χ1) is 9.58. The lowest BCUT2D eigenvalue weighted by Crippen LogP contribution is -2.03. The van der Waals surface area contributed by atoms with Crippen LogP contribution in [-0.2, 0) is 11.3 Å². The zero-order chi connectivity index (χ0) is 14.5. The molecular formula is C14H15N3O3. The van der Waals surface area contributed by atoms with Crippen LogP contribution >= 0.6 is 0 Å². The molecule has 0 unspecified atom stereocenters. The van der Waals surface area contributed by atoms with Crippen LogP contribution in [0.25, 0.3) is 0 Å². The summed E-state index contributed by atoms with van der Waals surface area (Å²) >= 11 is 0. The molecule has 6 nitrogen and oxygen atoms in total. The average Bonchev–Trinajstić information content (AvgIpc) is 2.38. The van der Waals surface area contributed by atoms with Crippen molar-refractivity contribution < 1.29 is 14.6 Å². The maximum atomic E-state index is 10.9. The van der Waals surface area contributed by atoms with Gasteiger partial charge in [-0.1, -0.05) is 6.07 Å². The predicted molar refractivity (Wildman–Crippen MR) is 74.2 cm³/mol. The number of anilines is 2. The molecule has 0 saturated carbocycles. The van der Waals surface area contributed by atoms with E-state index in [2.05, 4.69) is 15.3 Å². The molecule has 0 radical (unpaired) electrons. The van der Waals surface area contributed by atoms with E-state index >= 15 is 0 Å². The molecule has 0 atom stereocenters. The largest absolute Gasteiger partial charge is 0.478 e. The van der Waals surface area contributed by atoms with Gasteiger partial charge in [-0.15, -0.1) is 0 Å². The van der Waals surface area contributed by atoms with Gasteiger partial charge in [0.2, 0.25) is 0 Å². The SMILES string of the molecule is COCc1cc(Nc2cccc(C(=O)O)c2)nc(C)n1. The molecule has 0 bridgehead atoms. The minimum Gasteiger partial charge on any atom is -0.478 e. The second kappa shape index (κ2) is 6.12. The number of ether oxygens (including phenoxy) is 1. The number of methoxy groups -OCH3 is 1. The van der Waals surface area contributed by atoms with E-state index in [1.165, 1.54) is 6.07 Å². The van der Waals surface area contributed by atoms with Crippen LogP contribution in [0.15, 0.2) is 30.3 Å². The van der Waals surface area contributed by atoms with Crippen molar-refractivity contribution in [2.24, 2.45) is 0 Å². The Hall–Kier alpha value is -2.47. The number of nitrogens with one attached hydrogen (secondary N) is 1. The van der Waals surface area contributed by atoms with E-state index in [0.717, 1.165) is 5.69 Å². The van der Waals surface area contributed by atoms with Crippen molar-refractivity contribution >= 4 is 17.5 Å². The van der Waals surface area contributed by atoms with E-state index < -0.39 is 5.97 Å². The molecule has 2 rings (SSSR count). The van der Waals surface area contributed by atoms with Gasteiger partial charge in [0.15, 0.2) is 0 Å². The van der Waals surface area contributed by atoms with Crippen LogP contribution in [0.3, 0.4) is 0 Å². The van der Waals surface area contributed by atoms with Crippen LogP contribution in [0.4, 0.5) is 11.5 Å². The van der Waals surface area contributed by atoms with Gasteiger partial charge in [0, 0.05) is 18.9 Å². The molecule has 0 aliphatic rings. The highest BCUT2D eigenvalue weighted by Crippen LogP contribution is 2.17. The van der Waals surface area contributed by atoms with Gasteiger partial charge >= 0.3 is 5.97 Å². The Balaban J connectivity index is 2.25. The smallest absolute Gasteiger partial charge is 0.335 e. The van der Waals surface area contributed by atoms with E-state index in [-0.39, 0.29) is 5.56 Å². The summed E-state index contributed by atoms with van der Waals surface area (Å²) in [5, 5.41) is 12.0. The van der Waals surface area contributed by atoms with Gasteiger partial charge in [-0.05, 0) is 25.1 Å². The lowest BCUT2D eigenvalue weighted by atomic mass is 10.2. The Morgan fingerprint density at radius 3 is 2.85 bits per heavy atom. The third kappa shape index (κ3) is 3.52. The Morgan fingerprint density at radius 2 is 2.15 bits per heavy atom. The molecule has 0 saturated heterocycles. The molecular weight excluding hydrogens is 258 g/mol. The van der Waals surface area contributed by atoms with Crippen LogP contribution in [0.1, 0.15) is 21.9 Å². The van der Waals surface area contributed by atoms with Gasteiger partial charge in [-0.3, -0.25) is 0 Å². The number of aromatic nitrogens is 2. The van der Waals surface area contributed by atoms with Gasteiger partial charge in [-0.25, -0.2) is 14.8 Å². The molecule has 1 aromatic heterocycles. The molecule has 6 heteroatoms. The maximum absolute atomic E-state index is 10.9. The van der Waals surface area contributed by atoms with E-state index in [9.17, 15) is 4.79 Å². The standard InChI is InChI=1S/C14H15N3O3/c1-9-15-12(8-20-2)7-13(16-9)17-11-5-3-4-10(6-11)14(18)19/h3-7H,8H2,1-2H3,(H,18,19)(H,15,16,17). The summed E-state index contributed by atoms with van der Waals surface area (Å²) < 4.78 is 5.04. The number of hydrogen-bond donors (Lipinski definition) is 2. The number of carboxylic acids is 1.